The molecule has 0 saturated heterocycles. The highest BCUT2D eigenvalue weighted by molar-refractivity contribution is 5.20. The smallest absolute Gasteiger partial charge is 0.119 e. The van der Waals surface area contributed by atoms with Crippen LogP contribution in [0.1, 0.15) is 123 Å². The molecule has 0 aliphatic carbocycles. The van der Waals surface area contributed by atoms with Gasteiger partial charge >= 0.3 is 0 Å². The molecule has 0 amide bonds. The van der Waals surface area contributed by atoms with Crippen LogP contribution in [0.5, 0.6) is 5.75 Å². The molecular weight excluding hydrogens is 448 g/mol. The summed E-state index contributed by atoms with van der Waals surface area (Å²) < 4.78 is 23.2. The van der Waals surface area contributed by atoms with Gasteiger partial charge in [0.2, 0.25) is 0 Å². The Labute approximate surface area is 223 Å². The van der Waals surface area contributed by atoms with Gasteiger partial charge in [-0.05, 0) is 25.0 Å². The van der Waals surface area contributed by atoms with Crippen molar-refractivity contribution in [2.45, 2.75) is 135 Å². The van der Waals surface area contributed by atoms with Crippen LogP contribution in [0.2, 0.25) is 0 Å². The first-order valence-electron chi connectivity index (χ1n) is 15.2. The molecule has 36 heavy (non-hydrogen) atoms. The molecule has 0 radical (unpaired) electrons. The molecule has 0 aromatic heterocycles. The summed E-state index contributed by atoms with van der Waals surface area (Å²) in [7, 11) is 1.71. The Balaban J connectivity index is 1.87. The van der Waals surface area contributed by atoms with Crippen molar-refractivity contribution in [3.63, 3.8) is 0 Å². The fourth-order valence-electron chi connectivity index (χ4n) is 4.38. The van der Waals surface area contributed by atoms with Crippen molar-refractivity contribution in [1.82, 2.24) is 0 Å². The van der Waals surface area contributed by atoms with Gasteiger partial charge < -0.3 is 18.9 Å². The molecule has 4 heteroatoms. The molecule has 0 aliphatic heterocycles. The molecule has 0 spiro atoms. The Morgan fingerprint density at radius 2 is 1.11 bits per heavy atom. The van der Waals surface area contributed by atoms with Gasteiger partial charge in [0, 0.05) is 13.7 Å². The number of rotatable bonds is 27. The molecule has 1 aromatic rings. The number of unbranched alkanes of at least 4 members (excludes halogenated alkanes) is 15. The Hall–Kier alpha value is -1.10. The molecule has 2 atom stereocenters. The van der Waals surface area contributed by atoms with Crippen LogP contribution in [0.3, 0.4) is 0 Å². The normalized spacial score (nSPS) is 13.1. The summed E-state index contributed by atoms with van der Waals surface area (Å²) in [5.74, 6) is 0.855. The fraction of sp³-hybridized carbons (Fsp3) is 0.812. The topological polar surface area (TPSA) is 36.9 Å². The van der Waals surface area contributed by atoms with Gasteiger partial charge in [-0.15, -0.1) is 0 Å². The minimum Gasteiger partial charge on any atom is -0.491 e. The number of ether oxygens (including phenoxy) is 4. The fourth-order valence-corrected chi connectivity index (χ4v) is 4.38. The first kappa shape index (κ1) is 32.9. The van der Waals surface area contributed by atoms with Crippen molar-refractivity contribution in [2.24, 2.45) is 0 Å². The summed E-state index contributed by atoms with van der Waals surface area (Å²) in [6.45, 7) is 6.93. The van der Waals surface area contributed by atoms with Crippen LogP contribution in [0, 0.1) is 0 Å². The Bertz CT molecular complexity index is 550. The van der Waals surface area contributed by atoms with Crippen molar-refractivity contribution in [3.8, 4) is 5.75 Å². The van der Waals surface area contributed by atoms with Crippen LogP contribution < -0.4 is 4.74 Å². The molecule has 4 nitrogen and oxygen atoms in total. The second-order valence-corrected chi connectivity index (χ2v) is 10.2. The quantitative estimate of drug-likeness (QED) is 0.111. The van der Waals surface area contributed by atoms with Crippen molar-refractivity contribution in [2.75, 3.05) is 33.5 Å². The number of para-hydroxylation sites is 1. The van der Waals surface area contributed by atoms with E-state index in [9.17, 15) is 0 Å². The maximum atomic E-state index is 6.04. The van der Waals surface area contributed by atoms with Gasteiger partial charge in [0.25, 0.3) is 0 Å². The third-order valence-corrected chi connectivity index (χ3v) is 6.93. The van der Waals surface area contributed by atoms with Crippen LogP contribution >= 0.6 is 0 Å². The van der Waals surface area contributed by atoms with Crippen molar-refractivity contribution in [3.05, 3.63) is 30.3 Å². The molecule has 0 fully saturated rings. The third kappa shape index (κ3) is 20.0. The summed E-state index contributed by atoms with van der Waals surface area (Å²) in [5.41, 5.74) is 0. The van der Waals surface area contributed by atoms with Gasteiger partial charge in [-0.1, -0.05) is 128 Å². The largest absolute Gasteiger partial charge is 0.491 e. The standard InChI is InChI=1S/C32H58O4/c1-4-6-7-8-9-10-11-12-13-14-15-16-17-18-19-23-26-34-27-30(5-2)35-28-32(33-3)29-36-31-24-21-20-22-25-31/h20-22,24-25,30,32H,4-19,23,26-29H2,1-3H3. The van der Waals surface area contributed by atoms with Gasteiger partial charge in [0.05, 0.1) is 19.3 Å². The first-order valence-corrected chi connectivity index (χ1v) is 15.2. The lowest BCUT2D eigenvalue weighted by Crippen LogP contribution is -2.30. The van der Waals surface area contributed by atoms with Gasteiger partial charge in [0.15, 0.2) is 0 Å². The van der Waals surface area contributed by atoms with E-state index in [1.165, 1.54) is 96.3 Å². The van der Waals surface area contributed by atoms with Crippen LogP contribution in [-0.2, 0) is 14.2 Å². The maximum absolute atomic E-state index is 6.04. The summed E-state index contributed by atoms with van der Waals surface area (Å²) >= 11 is 0. The minimum absolute atomic E-state index is 0.0837. The van der Waals surface area contributed by atoms with E-state index in [-0.39, 0.29) is 12.2 Å². The van der Waals surface area contributed by atoms with E-state index in [1.54, 1.807) is 7.11 Å². The lowest BCUT2D eigenvalue weighted by Gasteiger charge is -2.21. The maximum Gasteiger partial charge on any atom is 0.119 e. The van der Waals surface area contributed by atoms with Gasteiger partial charge in [-0.25, -0.2) is 0 Å². The predicted molar refractivity (Wildman–Crippen MR) is 153 cm³/mol. The van der Waals surface area contributed by atoms with E-state index in [2.05, 4.69) is 13.8 Å². The second kappa shape index (κ2) is 25.5. The zero-order valence-corrected chi connectivity index (χ0v) is 24.0. The van der Waals surface area contributed by atoms with Crippen molar-refractivity contribution in [1.29, 1.82) is 0 Å². The molecular formula is C32H58O4. The number of benzene rings is 1. The molecule has 0 saturated carbocycles. The second-order valence-electron chi connectivity index (χ2n) is 10.2. The monoisotopic (exact) mass is 506 g/mol. The van der Waals surface area contributed by atoms with E-state index >= 15 is 0 Å². The first-order chi connectivity index (χ1) is 17.8. The Morgan fingerprint density at radius 1 is 0.583 bits per heavy atom. The SMILES string of the molecule is CCCCCCCCCCCCCCCCCCOCC(CC)OCC(COc1ccccc1)OC. The van der Waals surface area contributed by atoms with E-state index in [0.29, 0.717) is 19.8 Å². The highest BCUT2D eigenvalue weighted by Crippen LogP contribution is 2.14. The molecule has 2 unspecified atom stereocenters. The highest BCUT2D eigenvalue weighted by Gasteiger charge is 2.13. The summed E-state index contributed by atoms with van der Waals surface area (Å²) in [4.78, 5) is 0. The van der Waals surface area contributed by atoms with Crippen molar-refractivity contribution < 1.29 is 18.9 Å². The molecule has 1 rings (SSSR count). The number of methoxy groups -OCH3 is 1. The van der Waals surface area contributed by atoms with Crippen LogP contribution in [0.15, 0.2) is 30.3 Å². The van der Waals surface area contributed by atoms with E-state index < -0.39 is 0 Å². The van der Waals surface area contributed by atoms with E-state index in [0.717, 1.165) is 25.2 Å². The number of hydrogen-bond donors (Lipinski definition) is 0. The van der Waals surface area contributed by atoms with Crippen LogP contribution in [0.4, 0.5) is 0 Å². The van der Waals surface area contributed by atoms with Crippen LogP contribution in [0.25, 0.3) is 0 Å². The zero-order chi connectivity index (χ0) is 25.9. The van der Waals surface area contributed by atoms with Gasteiger partial charge in [-0.2, -0.15) is 0 Å². The third-order valence-electron chi connectivity index (χ3n) is 6.93. The molecule has 0 aliphatic rings. The average Bonchev–Trinajstić information content (AvgIpc) is 2.91. The lowest BCUT2D eigenvalue weighted by molar-refractivity contribution is -0.0692. The summed E-state index contributed by atoms with van der Waals surface area (Å²) in [6.07, 6.45) is 23.3. The molecule has 0 heterocycles. The highest BCUT2D eigenvalue weighted by atomic mass is 16.6. The Morgan fingerprint density at radius 3 is 1.61 bits per heavy atom. The summed E-state index contributed by atoms with van der Waals surface area (Å²) in [6, 6.07) is 9.83. The number of hydrogen-bond acceptors (Lipinski definition) is 4. The lowest BCUT2D eigenvalue weighted by atomic mass is 10.0. The molecule has 0 N–H and O–H groups in total. The predicted octanol–water partition coefficient (Wildman–Crippen LogP) is 9.15. The van der Waals surface area contributed by atoms with E-state index in [4.69, 9.17) is 18.9 Å². The summed E-state index contributed by atoms with van der Waals surface area (Å²) in [5, 5.41) is 0. The molecule has 0 bridgehead atoms. The van der Waals surface area contributed by atoms with E-state index in [1.807, 2.05) is 30.3 Å². The molecule has 210 valence electrons. The minimum atomic E-state index is -0.0837. The average molecular weight is 507 g/mol. The Kier molecular flexibility index (Phi) is 23.4. The van der Waals surface area contributed by atoms with Crippen molar-refractivity contribution >= 4 is 0 Å². The molecule has 1 aromatic carbocycles. The van der Waals surface area contributed by atoms with Crippen LogP contribution in [-0.4, -0.2) is 45.7 Å². The zero-order valence-electron chi connectivity index (χ0n) is 24.0. The van der Waals surface area contributed by atoms with Gasteiger partial charge in [0.1, 0.15) is 18.5 Å². The van der Waals surface area contributed by atoms with Gasteiger partial charge in [-0.3, -0.25) is 0 Å².